The second-order valence-electron chi connectivity index (χ2n) is 4.42. The van der Waals surface area contributed by atoms with E-state index in [0.717, 1.165) is 19.6 Å². The molecule has 6 heteroatoms. The number of rotatable bonds is 8. The van der Waals surface area contributed by atoms with E-state index in [1.54, 1.807) is 24.3 Å². The number of amides is 1. The molecule has 0 heterocycles. The summed E-state index contributed by atoms with van der Waals surface area (Å²) in [6.07, 6.45) is 0. The molecule has 0 spiro atoms. The summed E-state index contributed by atoms with van der Waals surface area (Å²) in [5.74, 6) is -0.481. The van der Waals surface area contributed by atoms with Crippen LogP contribution in [-0.4, -0.2) is 48.3 Å². The van der Waals surface area contributed by atoms with Crippen LogP contribution < -0.4 is 5.32 Å². The molecule has 0 atom stereocenters. The summed E-state index contributed by atoms with van der Waals surface area (Å²) in [4.78, 5) is 25.3. The van der Waals surface area contributed by atoms with E-state index in [9.17, 15) is 9.59 Å². The quantitative estimate of drug-likeness (QED) is 0.574. The smallest absolute Gasteiger partial charge is 0.338 e. The highest BCUT2D eigenvalue weighted by Gasteiger charge is 2.08. The number of ether oxygens (including phenoxy) is 1. The fourth-order valence-corrected chi connectivity index (χ4v) is 1.91. The first-order valence-electron chi connectivity index (χ1n) is 6.96. The minimum atomic E-state index is -0.347. The number of carbonyl (C=O) groups excluding carboxylic acids is 2. The first-order chi connectivity index (χ1) is 10.1. The second kappa shape index (κ2) is 9.52. The lowest BCUT2D eigenvalue weighted by molar-refractivity contribution is -0.113. The van der Waals surface area contributed by atoms with Gasteiger partial charge in [0.15, 0.2) is 0 Å². The van der Waals surface area contributed by atoms with Crippen molar-refractivity contribution in [1.82, 2.24) is 4.90 Å². The molecule has 1 amide bonds. The van der Waals surface area contributed by atoms with E-state index in [4.69, 9.17) is 4.74 Å². The Morgan fingerprint density at radius 3 is 2.33 bits per heavy atom. The third-order valence-electron chi connectivity index (χ3n) is 3.06. The SMILES string of the molecule is CCN(CC)CCOC(=O)c1ccc(NC(=O)CBr)cc1. The Balaban J connectivity index is 2.46. The van der Waals surface area contributed by atoms with Crippen molar-refractivity contribution >= 4 is 33.5 Å². The van der Waals surface area contributed by atoms with Crippen molar-refractivity contribution in [1.29, 1.82) is 0 Å². The molecule has 0 aromatic heterocycles. The Labute approximate surface area is 133 Å². The molecular weight excluding hydrogens is 336 g/mol. The molecule has 1 N–H and O–H groups in total. The third-order valence-corrected chi connectivity index (χ3v) is 3.57. The van der Waals surface area contributed by atoms with E-state index in [1.807, 2.05) is 0 Å². The van der Waals surface area contributed by atoms with Gasteiger partial charge in [-0.3, -0.25) is 4.79 Å². The molecule has 116 valence electrons. The zero-order chi connectivity index (χ0) is 15.7. The van der Waals surface area contributed by atoms with Crippen LogP contribution in [0.25, 0.3) is 0 Å². The molecular formula is C15H21BrN2O3. The maximum Gasteiger partial charge on any atom is 0.338 e. The van der Waals surface area contributed by atoms with Crippen molar-refractivity contribution in [2.75, 3.05) is 36.9 Å². The lowest BCUT2D eigenvalue weighted by Gasteiger charge is -2.17. The molecule has 5 nitrogen and oxygen atoms in total. The van der Waals surface area contributed by atoms with Crippen LogP contribution in [0.2, 0.25) is 0 Å². The predicted molar refractivity (Wildman–Crippen MR) is 86.9 cm³/mol. The molecule has 0 bridgehead atoms. The highest BCUT2D eigenvalue weighted by atomic mass is 79.9. The Kier molecular flexibility index (Phi) is 8.00. The number of carbonyl (C=O) groups is 2. The molecule has 0 aliphatic rings. The van der Waals surface area contributed by atoms with Crippen LogP contribution in [0.1, 0.15) is 24.2 Å². The fraction of sp³-hybridized carbons (Fsp3) is 0.467. The van der Waals surface area contributed by atoms with Gasteiger partial charge in [0.05, 0.1) is 10.9 Å². The number of likely N-dealkylation sites (N-methyl/N-ethyl adjacent to an activating group) is 1. The molecule has 0 aliphatic carbocycles. The first-order valence-corrected chi connectivity index (χ1v) is 8.08. The first kappa shape index (κ1) is 17.7. The second-order valence-corrected chi connectivity index (χ2v) is 4.98. The van der Waals surface area contributed by atoms with Crippen LogP contribution in [0.3, 0.4) is 0 Å². The van der Waals surface area contributed by atoms with Crippen molar-refractivity contribution in [3.05, 3.63) is 29.8 Å². The van der Waals surface area contributed by atoms with Gasteiger partial charge in [0.2, 0.25) is 5.91 Å². The average molecular weight is 357 g/mol. The molecule has 0 saturated heterocycles. The van der Waals surface area contributed by atoms with Gasteiger partial charge < -0.3 is 15.0 Å². The standard InChI is InChI=1S/C15H21BrN2O3/c1-3-18(4-2)9-10-21-15(20)12-5-7-13(8-6-12)17-14(19)11-16/h5-8H,3-4,9-11H2,1-2H3,(H,17,19). The van der Waals surface area contributed by atoms with E-state index >= 15 is 0 Å². The molecule has 1 aromatic carbocycles. The van der Waals surface area contributed by atoms with Crippen molar-refractivity contribution in [3.8, 4) is 0 Å². The van der Waals surface area contributed by atoms with Crippen molar-refractivity contribution in [2.45, 2.75) is 13.8 Å². The highest BCUT2D eigenvalue weighted by Crippen LogP contribution is 2.10. The topological polar surface area (TPSA) is 58.6 Å². The molecule has 0 unspecified atom stereocenters. The molecule has 1 aromatic rings. The summed E-state index contributed by atoms with van der Waals surface area (Å²) < 4.78 is 5.23. The van der Waals surface area contributed by atoms with Crippen LogP contribution in [0.15, 0.2) is 24.3 Å². The van der Waals surface area contributed by atoms with Crippen LogP contribution >= 0.6 is 15.9 Å². The summed E-state index contributed by atoms with van der Waals surface area (Å²) in [6.45, 7) is 7.14. The highest BCUT2D eigenvalue weighted by molar-refractivity contribution is 9.09. The van der Waals surface area contributed by atoms with Crippen molar-refractivity contribution < 1.29 is 14.3 Å². The normalized spacial score (nSPS) is 10.5. The summed E-state index contributed by atoms with van der Waals surface area (Å²) in [7, 11) is 0. The van der Waals surface area contributed by atoms with Crippen LogP contribution in [0.5, 0.6) is 0 Å². The van der Waals surface area contributed by atoms with Crippen molar-refractivity contribution in [3.63, 3.8) is 0 Å². The zero-order valence-electron chi connectivity index (χ0n) is 12.4. The summed E-state index contributed by atoms with van der Waals surface area (Å²) >= 11 is 3.07. The zero-order valence-corrected chi connectivity index (χ0v) is 14.0. The summed E-state index contributed by atoms with van der Waals surface area (Å²) in [6, 6.07) is 6.65. The molecule has 0 radical (unpaired) electrons. The maximum absolute atomic E-state index is 11.9. The van der Waals surface area contributed by atoms with E-state index in [2.05, 4.69) is 40.0 Å². The number of alkyl halides is 1. The average Bonchev–Trinajstić information content (AvgIpc) is 2.52. The summed E-state index contributed by atoms with van der Waals surface area (Å²) in [5, 5.41) is 2.92. The Hall–Kier alpha value is -1.40. The number of nitrogens with zero attached hydrogens (tertiary/aromatic N) is 1. The van der Waals surface area contributed by atoms with E-state index in [-0.39, 0.29) is 17.2 Å². The third kappa shape index (κ3) is 6.27. The number of benzene rings is 1. The van der Waals surface area contributed by atoms with Gasteiger partial charge in [0, 0.05) is 12.2 Å². The summed E-state index contributed by atoms with van der Waals surface area (Å²) in [5.41, 5.74) is 1.13. The molecule has 21 heavy (non-hydrogen) atoms. The van der Waals surface area contributed by atoms with Gasteiger partial charge >= 0.3 is 5.97 Å². The molecule has 1 rings (SSSR count). The minimum absolute atomic E-state index is 0.135. The minimum Gasteiger partial charge on any atom is -0.461 e. The molecule has 0 aliphatic heterocycles. The van der Waals surface area contributed by atoms with Gasteiger partial charge in [0.25, 0.3) is 0 Å². The predicted octanol–water partition coefficient (Wildman–Crippen LogP) is 2.52. The number of hydrogen-bond donors (Lipinski definition) is 1. The van der Waals surface area contributed by atoms with Gasteiger partial charge in [-0.15, -0.1) is 0 Å². The van der Waals surface area contributed by atoms with Crippen molar-refractivity contribution in [2.24, 2.45) is 0 Å². The van der Waals surface area contributed by atoms with E-state index in [1.165, 1.54) is 0 Å². The van der Waals surface area contributed by atoms with Crippen LogP contribution in [-0.2, 0) is 9.53 Å². The molecule has 0 fully saturated rings. The number of hydrogen-bond acceptors (Lipinski definition) is 4. The van der Waals surface area contributed by atoms with Gasteiger partial charge in [-0.2, -0.15) is 0 Å². The van der Waals surface area contributed by atoms with E-state index in [0.29, 0.717) is 17.9 Å². The Bertz CT molecular complexity index is 458. The molecule has 0 saturated carbocycles. The Morgan fingerprint density at radius 1 is 1.19 bits per heavy atom. The van der Waals surface area contributed by atoms with Gasteiger partial charge in [-0.05, 0) is 37.4 Å². The Morgan fingerprint density at radius 2 is 1.81 bits per heavy atom. The largest absolute Gasteiger partial charge is 0.461 e. The number of halogens is 1. The number of anilines is 1. The lowest BCUT2D eigenvalue weighted by atomic mass is 10.2. The van der Waals surface area contributed by atoms with Gasteiger partial charge in [-0.1, -0.05) is 29.8 Å². The fourth-order valence-electron chi connectivity index (χ4n) is 1.77. The number of esters is 1. The lowest BCUT2D eigenvalue weighted by Crippen LogP contribution is -2.27. The van der Waals surface area contributed by atoms with Gasteiger partial charge in [0.1, 0.15) is 6.61 Å². The van der Waals surface area contributed by atoms with Crippen LogP contribution in [0, 0.1) is 0 Å². The maximum atomic E-state index is 11.9. The monoisotopic (exact) mass is 356 g/mol. The van der Waals surface area contributed by atoms with E-state index < -0.39 is 0 Å². The van der Waals surface area contributed by atoms with Crippen LogP contribution in [0.4, 0.5) is 5.69 Å². The van der Waals surface area contributed by atoms with Gasteiger partial charge in [-0.25, -0.2) is 4.79 Å². The number of nitrogens with one attached hydrogen (secondary N) is 1.